The number of rotatable bonds is 7. The minimum Gasteiger partial charge on any atom is -0.461 e. The normalized spacial score (nSPS) is 19.1. The van der Waals surface area contributed by atoms with Crippen LogP contribution in [0.2, 0.25) is 0 Å². The molecule has 2 aromatic rings. The summed E-state index contributed by atoms with van der Waals surface area (Å²) in [6.07, 6.45) is 3.23. The average molecular weight is 553 g/mol. The van der Waals surface area contributed by atoms with Gasteiger partial charge in [0.15, 0.2) is 0 Å². The predicted molar refractivity (Wildman–Crippen MR) is 147 cm³/mol. The smallest absolute Gasteiger partial charge is 0.338 e. The third-order valence-corrected chi connectivity index (χ3v) is 8.25. The number of morpholine rings is 1. The summed E-state index contributed by atoms with van der Waals surface area (Å²) in [5.74, 6) is -0.556. The van der Waals surface area contributed by atoms with Gasteiger partial charge >= 0.3 is 5.97 Å². The van der Waals surface area contributed by atoms with E-state index in [2.05, 4.69) is 5.32 Å². The predicted octanol–water partition coefficient (Wildman–Crippen LogP) is 2.88. The number of hydrogen-bond acceptors (Lipinski definition) is 7. The van der Waals surface area contributed by atoms with Gasteiger partial charge in [0.05, 0.1) is 42.3 Å². The fourth-order valence-corrected chi connectivity index (χ4v) is 5.80. The largest absolute Gasteiger partial charge is 0.461 e. The number of esters is 1. The van der Waals surface area contributed by atoms with Crippen LogP contribution in [0.5, 0.6) is 0 Å². The molecule has 0 aliphatic carbocycles. The van der Waals surface area contributed by atoms with Gasteiger partial charge in [-0.2, -0.15) is 5.10 Å². The maximum atomic E-state index is 13.1. The Hall–Kier alpha value is -3.24. The zero-order chi connectivity index (χ0) is 28.3. The highest BCUT2D eigenvalue weighted by molar-refractivity contribution is 5.97. The van der Waals surface area contributed by atoms with Crippen LogP contribution in [0.3, 0.4) is 0 Å². The van der Waals surface area contributed by atoms with E-state index in [1.807, 2.05) is 25.5 Å². The lowest BCUT2D eigenvalue weighted by molar-refractivity contribution is 0.0145. The highest BCUT2D eigenvalue weighted by atomic mass is 16.5. The first-order chi connectivity index (χ1) is 19.2. The van der Waals surface area contributed by atoms with Crippen LogP contribution in [0.1, 0.15) is 76.1 Å². The fourth-order valence-electron chi connectivity index (χ4n) is 5.80. The van der Waals surface area contributed by atoms with Crippen LogP contribution in [0.15, 0.2) is 24.3 Å². The molecule has 0 bridgehead atoms. The number of nitrogens with zero attached hydrogens (tertiary/aromatic N) is 3. The highest BCUT2D eigenvalue weighted by Gasteiger charge is 2.40. The molecule has 0 atom stereocenters. The van der Waals surface area contributed by atoms with Crippen molar-refractivity contribution < 1.29 is 28.6 Å². The first-order valence-electron chi connectivity index (χ1n) is 14.3. The summed E-state index contributed by atoms with van der Waals surface area (Å²) < 4.78 is 18.6. The molecule has 1 aromatic heterocycles. The van der Waals surface area contributed by atoms with Crippen LogP contribution in [0.4, 0.5) is 0 Å². The van der Waals surface area contributed by atoms with Crippen LogP contribution < -0.4 is 5.32 Å². The molecule has 4 heterocycles. The van der Waals surface area contributed by atoms with Crippen molar-refractivity contribution in [1.82, 2.24) is 20.0 Å². The van der Waals surface area contributed by atoms with E-state index in [0.29, 0.717) is 75.7 Å². The van der Waals surface area contributed by atoms with Crippen LogP contribution in [0, 0.1) is 10.8 Å². The lowest BCUT2D eigenvalue weighted by Gasteiger charge is -2.36. The van der Waals surface area contributed by atoms with Crippen molar-refractivity contribution >= 4 is 17.8 Å². The molecule has 2 saturated heterocycles. The average Bonchev–Trinajstić information content (AvgIpc) is 3.23. The molecular weight excluding hydrogens is 512 g/mol. The van der Waals surface area contributed by atoms with E-state index in [-0.39, 0.29) is 23.8 Å². The highest BCUT2D eigenvalue weighted by Crippen LogP contribution is 2.38. The van der Waals surface area contributed by atoms with Gasteiger partial charge in [-0.05, 0) is 55.4 Å². The molecule has 0 unspecified atom stereocenters. The second-order valence-electron chi connectivity index (χ2n) is 12.0. The summed E-state index contributed by atoms with van der Waals surface area (Å²) in [5, 5.41) is 8.01. The van der Waals surface area contributed by atoms with E-state index in [4.69, 9.17) is 19.3 Å². The molecule has 1 N–H and O–H groups in total. The van der Waals surface area contributed by atoms with Gasteiger partial charge in [-0.15, -0.1) is 0 Å². The summed E-state index contributed by atoms with van der Waals surface area (Å²) in [7, 11) is 0. The quantitative estimate of drug-likeness (QED) is 0.526. The number of fused-ring (bicyclic) bond motifs is 1. The fraction of sp³-hybridized carbons (Fsp3) is 0.600. The van der Waals surface area contributed by atoms with E-state index in [1.54, 1.807) is 29.2 Å². The van der Waals surface area contributed by atoms with Gasteiger partial charge in [0.2, 0.25) is 0 Å². The van der Waals surface area contributed by atoms with Gasteiger partial charge in [-0.1, -0.05) is 20.8 Å². The molecule has 10 heteroatoms. The Labute approximate surface area is 235 Å². The lowest BCUT2D eigenvalue weighted by atomic mass is 9.76. The van der Waals surface area contributed by atoms with E-state index in [0.717, 1.165) is 30.7 Å². The van der Waals surface area contributed by atoms with Gasteiger partial charge in [0.1, 0.15) is 0 Å². The molecule has 3 aliphatic heterocycles. The first kappa shape index (κ1) is 28.3. The molecule has 1 spiro atoms. The molecule has 0 saturated carbocycles. The summed E-state index contributed by atoms with van der Waals surface area (Å²) in [5.41, 5.74) is 2.94. The summed E-state index contributed by atoms with van der Waals surface area (Å²) in [6.45, 7) is 11.0. The number of aromatic nitrogens is 2. The number of hydrogen-bond donors (Lipinski definition) is 1. The molecule has 0 radical (unpaired) electrons. The molecule has 40 heavy (non-hydrogen) atoms. The van der Waals surface area contributed by atoms with Crippen LogP contribution in [0.25, 0.3) is 0 Å². The number of carbonyl (C=O) groups is 3. The van der Waals surface area contributed by atoms with Crippen molar-refractivity contribution in [3.63, 3.8) is 0 Å². The van der Waals surface area contributed by atoms with Crippen molar-refractivity contribution in [1.29, 1.82) is 0 Å². The minimum atomic E-state index is -0.437. The minimum absolute atomic E-state index is 0.0338. The van der Waals surface area contributed by atoms with E-state index in [9.17, 15) is 14.4 Å². The Bertz CT molecular complexity index is 1240. The van der Waals surface area contributed by atoms with Crippen molar-refractivity contribution in [3.8, 4) is 0 Å². The van der Waals surface area contributed by atoms with Crippen LogP contribution >= 0.6 is 0 Å². The Morgan fingerprint density at radius 1 is 1.05 bits per heavy atom. The molecular formula is C30H40N4O6. The van der Waals surface area contributed by atoms with Crippen molar-refractivity contribution in [3.05, 3.63) is 52.3 Å². The number of carbonyl (C=O) groups excluding carboxylic acids is 3. The standard InChI is InChI=1S/C30H40N4O6/c1-4-23-25-24(17-30(18-31-26(25)35)9-13-38-14-10-30)34(32-23)19-29(2,3)20-40-28(37)22-7-5-21(6-8-22)27(36)33-11-15-39-16-12-33/h5-8H,4,9-20H2,1-3H3,(H,31,35). The van der Waals surface area contributed by atoms with Crippen molar-refractivity contribution in [2.75, 3.05) is 52.7 Å². The molecule has 5 rings (SSSR count). The summed E-state index contributed by atoms with van der Waals surface area (Å²) in [4.78, 5) is 40.5. The summed E-state index contributed by atoms with van der Waals surface area (Å²) >= 11 is 0. The molecule has 3 aliphatic rings. The van der Waals surface area contributed by atoms with Crippen molar-refractivity contribution in [2.45, 2.75) is 53.0 Å². The van der Waals surface area contributed by atoms with Gasteiger partial charge in [0, 0.05) is 50.4 Å². The zero-order valence-electron chi connectivity index (χ0n) is 23.8. The maximum Gasteiger partial charge on any atom is 0.338 e. The number of ether oxygens (including phenoxy) is 3. The topological polar surface area (TPSA) is 112 Å². The number of benzene rings is 1. The van der Waals surface area contributed by atoms with E-state index in [1.165, 1.54) is 0 Å². The molecule has 10 nitrogen and oxygen atoms in total. The van der Waals surface area contributed by atoms with Gasteiger partial charge in [-0.25, -0.2) is 4.79 Å². The molecule has 216 valence electrons. The van der Waals surface area contributed by atoms with Crippen molar-refractivity contribution in [2.24, 2.45) is 10.8 Å². The summed E-state index contributed by atoms with van der Waals surface area (Å²) in [6, 6.07) is 6.61. The monoisotopic (exact) mass is 552 g/mol. The Kier molecular flexibility index (Phi) is 8.28. The van der Waals surface area contributed by atoms with Crippen LogP contribution in [-0.2, 0) is 33.6 Å². The first-order valence-corrected chi connectivity index (χ1v) is 14.3. The number of nitrogens with one attached hydrogen (secondary N) is 1. The molecule has 2 amide bonds. The molecule has 1 aromatic carbocycles. The Balaban J connectivity index is 1.25. The number of aryl methyl sites for hydroxylation is 1. The van der Waals surface area contributed by atoms with Gasteiger partial charge in [0.25, 0.3) is 11.8 Å². The second kappa shape index (κ2) is 11.7. The SMILES string of the molecule is CCc1nn(CC(C)(C)COC(=O)c2ccc(C(=O)N3CCOCC3)cc2)c2c1C(=O)NCC1(CCOCC1)C2. The maximum absolute atomic E-state index is 13.1. The number of amides is 2. The third kappa shape index (κ3) is 6.07. The molecule has 2 fully saturated rings. The van der Waals surface area contributed by atoms with E-state index < -0.39 is 11.4 Å². The zero-order valence-corrected chi connectivity index (χ0v) is 23.8. The van der Waals surface area contributed by atoms with Crippen LogP contribution in [-0.4, -0.2) is 85.1 Å². The lowest BCUT2D eigenvalue weighted by Crippen LogP contribution is -2.41. The van der Waals surface area contributed by atoms with Gasteiger partial charge < -0.3 is 24.4 Å². The second-order valence-corrected chi connectivity index (χ2v) is 12.0. The Morgan fingerprint density at radius 2 is 1.70 bits per heavy atom. The van der Waals surface area contributed by atoms with Gasteiger partial charge in [-0.3, -0.25) is 14.3 Å². The van der Waals surface area contributed by atoms with E-state index >= 15 is 0 Å². The third-order valence-electron chi connectivity index (χ3n) is 8.25. The Morgan fingerprint density at radius 3 is 2.38 bits per heavy atom.